The first kappa shape index (κ1) is 11.4. The van der Waals surface area contributed by atoms with Gasteiger partial charge in [-0.2, -0.15) is 8.42 Å². The van der Waals surface area contributed by atoms with Gasteiger partial charge >= 0.3 is 10.3 Å². The van der Waals surface area contributed by atoms with Crippen LogP contribution in [0.2, 0.25) is 10.0 Å². The monoisotopic (exact) mass is 254 g/mol. The summed E-state index contributed by atoms with van der Waals surface area (Å²) < 4.78 is 31.4. The molecule has 14 heavy (non-hydrogen) atoms. The highest BCUT2D eigenvalue weighted by Gasteiger charge is 2.03. The van der Waals surface area contributed by atoms with Crippen LogP contribution in [-0.4, -0.2) is 13.0 Å². The second-order valence-electron chi connectivity index (χ2n) is 2.23. The van der Waals surface area contributed by atoms with Crippen LogP contribution in [0.1, 0.15) is 0 Å². The van der Waals surface area contributed by atoms with Crippen molar-refractivity contribution >= 4 is 39.2 Å². The van der Waals surface area contributed by atoms with Crippen LogP contribution in [0.15, 0.2) is 27.8 Å². The van der Waals surface area contributed by atoms with Gasteiger partial charge in [-0.25, -0.2) is 0 Å². The first-order chi connectivity index (χ1) is 6.38. The third-order valence-electron chi connectivity index (χ3n) is 1.16. The van der Waals surface area contributed by atoms with E-state index in [0.29, 0.717) is 5.02 Å². The lowest BCUT2D eigenvalue weighted by Gasteiger charge is -1.95. The Morgan fingerprint density at radius 2 is 1.93 bits per heavy atom. The van der Waals surface area contributed by atoms with E-state index in [2.05, 4.69) is 9.63 Å². The fourth-order valence-electron chi connectivity index (χ4n) is 0.658. The molecular formula is C6H4Cl2N2O3S. The summed E-state index contributed by atoms with van der Waals surface area (Å²) in [5, 5.41) is 3.72. The first-order valence-electron chi connectivity index (χ1n) is 3.24. The standard InChI is InChI=1S/C6H4Cl2N2O3S/c7-4-1-2-5(8)6(3-4)9-10-14(11,12)13/h1-3H,(H,11,12,13). The highest BCUT2D eigenvalue weighted by Crippen LogP contribution is 2.28. The maximum atomic E-state index is 10.2. The first-order valence-corrected chi connectivity index (χ1v) is 5.39. The average Bonchev–Trinajstić information content (AvgIpc) is 2.05. The van der Waals surface area contributed by atoms with E-state index < -0.39 is 10.3 Å². The van der Waals surface area contributed by atoms with Crippen LogP contribution >= 0.6 is 23.2 Å². The van der Waals surface area contributed by atoms with Crippen molar-refractivity contribution in [2.45, 2.75) is 0 Å². The summed E-state index contributed by atoms with van der Waals surface area (Å²) in [5.74, 6) is 0. The molecule has 1 N–H and O–H groups in total. The Kier molecular flexibility index (Phi) is 3.43. The van der Waals surface area contributed by atoms with E-state index in [1.54, 1.807) is 0 Å². The van der Waals surface area contributed by atoms with Crippen molar-refractivity contribution in [1.82, 2.24) is 0 Å². The maximum absolute atomic E-state index is 10.2. The molecule has 0 radical (unpaired) electrons. The second-order valence-corrected chi connectivity index (χ2v) is 4.13. The van der Waals surface area contributed by atoms with Gasteiger partial charge in [-0.3, -0.25) is 4.55 Å². The minimum Gasteiger partial charge on any atom is -0.267 e. The normalized spacial score (nSPS) is 12.2. The third kappa shape index (κ3) is 3.59. The van der Waals surface area contributed by atoms with Gasteiger partial charge in [0.1, 0.15) is 5.69 Å². The van der Waals surface area contributed by atoms with Gasteiger partial charge in [0.05, 0.1) is 5.02 Å². The fourth-order valence-corrected chi connectivity index (χ4v) is 1.17. The Hall–Kier alpha value is -0.690. The van der Waals surface area contributed by atoms with Crippen LogP contribution in [0.3, 0.4) is 0 Å². The summed E-state index contributed by atoms with van der Waals surface area (Å²) in [6.07, 6.45) is 0. The Morgan fingerprint density at radius 1 is 1.29 bits per heavy atom. The predicted octanol–water partition coefficient (Wildman–Crippen LogP) is 2.88. The quantitative estimate of drug-likeness (QED) is 0.651. The van der Waals surface area contributed by atoms with E-state index in [0.717, 1.165) is 0 Å². The Labute approximate surface area is 90.2 Å². The minimum absolute atomic E-state index is 0.0665. The van der Waals surface area contributed by atoms with Crippen molar-refractivity contribution < 1.29 is 13.0 Å². The highest BCUT2D eigenvalue weighted by molar-refractivity contribution is 7.84. The Morgan fingerprint density at radius 3 is 2.50 bits per heavy atom. The Bertz CT molecular complexity index is 472. The van der Waals surface area contributed by atoms with Crippen molar-refractivity contribution in [1.29, 1.82) is 0 Å². The lowest BCUT2D eigenvalue weighted by molar-refractivity contribution is 0.482. The van der Waals surface area contributed by atoms with Gasteiger partial charge in [0, 0.05) is 5.02 Å². The molecule has 1 aromatic carbocycles. The summed E-state index contributed by atoms with van der Waals surface area (Å²) in [7, 11) is -4.50. The Balaban J connectivity index is 3.09. The van der Waals surface area contributed by atoms with E-state index in [-0.39, 0.29) is 10.7 Å². The molecule has 5 nitrogen and oxygen atoms in total. The van der Waals surface area contributed by atoms with Gasteiger partial charge in [0.25, 0.3) is 0 Å². The summed E-state index contributed by atoms with van der Waals surface area (Å²) in [4.78, 5) is 0. The van der Waals surface area contributed by atoms with Gasteiger partial charge in [0.15, 0.2) is 0 Å². The lowest BCUT2D eigenvalue weighted by atomic mass is 10.3. The van der Waals surface area contributed by atoms with Crippen LogP contribution in [0.4, 0.5) is 5.69 Å². The maximum Gasteiger partial charge on any atom is 0.396 e. The largest absolute Gasteiger partial charge is 0.396 e. The van der Waals surface area contributed by atoms with E-state index >= 15 is 0 Å². The van der Waals surface area contributed by atoms with Crippen LogP contribution < -0.4 is 0 Å². The fraction of sp³-hybridized carbons (Fsp3) is 0. The topological polar surface area (TPSA) is 79.1 Å². The zero-order valence-corrected chi connectivity index (χ0v) is 8.88. The number of nitrogens with zero attached hydrogens (tertiary/aromatic N) is 2. The van der Waals surface area contributed by atoms with Crippen LogP contribution in [0.25, 0.3) is 0 Å². The van der Waals surface area contributed by atoms with Crippen LogP contribution in [0, 0.1) is 0 Å². The zero-order valence-electron chi connectivity index (χ0n) is 6.55. The van der Waals surface area contributed by atoms with Crippen molar-refractivity contribution in [2.24, 2.45) is 9.63 Å². The van der Waals surface area contributed by atoms with E-state index in [4.69, 9.17) is 27.8 Å². The molecule has 76 valence electrons. The second kappa shape index (κ2) is 4.22. The van der Waals surface area contributed by atoms with Gasteiger partial charge in [-0.05, 0) is 22.7 Å². The van der Waals surface area contributed by atoms with Gasteiger partial charge in [0.2, 0.25) is 0 Å². The number of hydrogen-bond donors (Lipinski definition) is 1. The molecule has 0 unspecified atom stereocenters. The lowest BCUT2D eigenvalue weighted by Crippen LogP contribution is -1.88. The molecule has 0 aliphatic heterocycles. The van der Waals surface area contributed by atoms with Gasteiger partial charge in [-0.15, -0.1) is 5.11 Å². The van der Waals surface area contributed by atoms with Gasteiger partial charge < -0.3 is 0 Å². The molecule has 0 heterocycles. The number of hydrogen-bond acceptors (Lipinski definition) is 3. The molecule has 0 spiro atoms. The molecule has 0 aromatic heterocycles. The SMILES string of the molecule is O=S(=O)(O)N=Nc1cc(Cl)ccc1Cl. The third-order valence-corrected chi connectivity index (χ3v) is 2.00. The molecule has 0 bridgehead atoms. The van der Waals surface area contributed by atoms with Gasteiger partial charge in [-0.1, -0.05) is 23.2 Å². The van der Waals surface area contributed by atoms with Crippen molar-refractivity contribution in [3.8, 4) is 0 Å². The number of rotatable bonds is 2. The molecule has 0 saturated carbocycles. The van der Waals surface area contributed by atoms with E-state index in [1.807, 2.05) is 0 Å². The summed E-state index contributed by atoms with van der Waals surface area (Å²) in [6, 6.07) is 4.26. The molecule has 0 amide bonds. The van der Waals surface area contributed by atoms with E-state index in [9.17, 15) is 8.42 Å². The molecular weight excluding hydrogens is 251 g/mol. The molecule has 1 rings (SSSR count). The summed E-state index contributed by atoms with van der Waals surface area (Å²) in [5.41, 5.74) is 0.0665. The van der Waals surface area contributed by atoms with Crippen molar-refractivity contribution in [2.75, 3.05) is 0 Å². The predicted molar refractivity (Wildman–Crippen MR) is 52.5 cm³/mol. The average molecular weight is 255 g/mol. The molecule has 0 aliphatic rings. The van der Waals surface area contributed by atoms with Crippen molar-refractivity contribution in [3.63, 3.8) is 0 Å². The van der Waals surface area contributed by atoms with E-state index in [1.165, 1.54) is 18.2 Å². The number of benzene rings is 1. The smallest absolute Gasteiger partial charge is 0.267 e. The van der Waals surface area contributed by atoms with Crippen LogP contribution in [0.5, 0.6) is 0 Å². The summed E-state index contributed by atoms with van der Waals surface area (Å²) >= 11 is 11.2. The summed E-state index contributed by atoms with van der Waals surface area (Å²) in [6.45, 7) is 0. The molecule has 0 saturated heterocycles. The highest BCUT2D eigenvalue weighted by atomic mass is 35.5. The molecule has 1 aromatic rings. The molecule has 0 aliphatic carbocycles. The van der Waals surface area contributed by atoms with Crippen LogP contribution in [-0.2, 0) is 10.3 Å². The minimum atomic E-state index is -4.50. The zero-order chi connectivity index (χ0) is 10.8. The van der Waals surface area contributed by atoms with Crippen molar-refractivity contribution in [3.05, 3.63) is 28.2 Å². The molecule has 8 heteroatoms. The molecule has 0 fully saturated rings. The number of halogens is 2. The molecule has 0 atom stereocenters.